The highest BCUT2D eigenvalue weighted by Gasteiger charge is 2.19. The molecule has 1 N–H and O–H groups in total. The van der Waals surface area contributed by atoms with E-state index in [0.29, 0.717) is 27.9 Å². The molecule has 0 saturated carbocycles. The Balaban J connectivity index is 2.10. The number of anilines is 1. The predicted octanol–water partition coefficient (Wildman–Crippen LogP) is 5.41. The van der Waals surface area contributed by atoms with Crippen LogP contribution in [-0.4, -0.2) is 12.0 Å². The maximum absolute atomic E-state index is 12.4. The zero-order chi connectivity index (χ0) is 17.0. The highest BCUT2D eigenvalue weighted by atomic mass is 35.5. The molecule has 122 valence electrons. The number of carbonyl (C=O) groups is 1. The number of hydrogen-bond donors (Lipinski definition) is 1. The number of nitrogens with one attached hydrogen (secondary N) is 1. The van der Waals surface area contributed by atoms with Crippen molar-refractivity contribution in [3.05, 3.63) is 57.6 Å². The van der Waals surface area contributed by atoms with Crippen LogP contribution in [0.25, 0.3) is 0 Å². The largest absolute Gasteiger partial charge is 0.480 e. The molecule has 3 nitrogen and oxygen atoms in total. The number of rotatable bonds is 5. The fraction of sp³-hybridized carbons (Fsp3) is 0.278. The normalized spacial score (nSPS) is 11.9. The molecule has 1 amide bonds. The number of aryl methyl sites for hydroxylation is 2. The van der Waals surface area contributed by atoms with E-state index in [4.69, 9.17) is 27.9 Å². The second-order valence-electron chi connectivity index (χ2n) is 5.40. The number of ether oxygens (including phenoxy) is 1. The summed E-state index contributed by atoms with van der Waals surface area (Å²) in [6.07, 6.45) is -0.0219. The van der Waals surface area contributed by atoms with E-state index in [2.05, 4.69) is 5.32 Å². The monoisotopic (exact) mass is 351 g/mol. The molecule has 0 radical (unpaired) electrons. The number of amides is 1. The molecular weight excluding hydrogens is 333 g/mol. The van der Waals surface area contributed by atoms with E-state index >= 15 is 0 Å². The minimum atomic E-state index is -0.578. The summed E-state index contributed by atoms with van der Waals surface area (Å²) in [4.78, 5) is 12.4. The average Bonchev–Trinajstić information content (AvgIpc) is 2.50. The molecule has 23 heavy (non-hydrogen) atoms. The van der Waals surface area contributed by atoms with Gasteiger partial charge in [0.25, 0.3) is 5.91 Å². The van der Waals surface area contributed by atoms with Crippen molar-refractivity contribution in [2.45, 2.75) is 33.3 Å². The van der Waals surface area contributed by atoms with Crippen LogP contribution in [0.15, 0.2) is 36.4 Å². The van der Waals surface area contributed by atoms with E-state index < -0.39 is 6.10 Å². The van der Waals surface area contributed by atoms with Gasteiger partial charge in [-0.15, -0.1) is 0 Å². The molecule has 0 unspecified atom stereocenters. The minimum absolute atomic E-state index is 0.217. The van der Waals surface area contributed by atoms with Crippen LogP contribution in [0.2, 0.25) is 10.0 Å². The first-order valence-corrected chi connectivity index (χ1v) is 8.16. The zero-order valence-electron chi connectivity index (χ0n) is 13.3. The van der Waals surface area contributed by atoms with Crippen LogP contribution >= 0.6 is 23.2 Å². The van der Waals surface area contributed by atoms with Crippen LogP contribution in [0, 0.1) is 13.8 Å². The third-order valence-corrected chi connectivity index (χ3v) is 4.19. The predicted molar refractivity (Wildman–Crippen MR) is 95.7 cm³/mol. The lowest BCUT2D eigenvalue weighted by atomic mass is 10.1. The molecule has 0 aromatic heterocycles. The van der Waals surface area contributed by atoms with Crippen molar-refractivity contribution in [2.75, 3.05) is 5.32 Å². The first kappa shape index (κ1) is 17.6. The summed E-state index contributed by atoms with van der Waals surface area (Å²) in [5, 5.41) is 3.65. The molecule has 0 heterocycles. The summed E-state index contributed by atoms with van der Waals surface area (Å²) in [6, 6.07) is 10.8. The Morgan fingerprint density at radius 2 is 1.87 bits per heavy atom. The lowest BCUT2D eigenvalue weighted by Crippen LogP contribution is -2.32. The van der Waals surface area contributed by atoms with Crippen LogP contribution in [0.1, 0.15) is 24.5 Å². The van der Waals surface area contributed by atoms with Crippen LogP contribution in [0.5, 0.6) is 5.75 Å². The molecule has 1 atom stereocenters. The van der Waals surface area contributed by atoms with Gasteiger partial charge in [-0.2, -0.15) is 0 Å². The van der Waals surface area contributed by atoms with Crippen LogP contribution in [0.3, 0.4) is 0 Å². The summed E-state index contributed by atoms with van der Waals surface area (Å²) < 4.78 is 5.87. The Kier molecular flexibility index (Phi) is 5.91. The summed E-state index contributed by atoms with van der Waals surface area (Å²) in [6.45, 7) is 5.89. The van der Waals surface area contributed by atoms with Gasteiger partial charge in [-0.25, -0.2) is 0 Å². The van der Waals surface area contributed by atoms with Crippen molar-refractivity contribution in [3.63, 3.8) is 0 Å². The van der Waals surface area contributed by atoms with Gasteiger partial charge < -0.3 is 10.1 Å². The molecule has 2 aromatic carbocycles. The summed E-state index contributed by atoms with van der Waals surface area (Å²) in [5.74, 6) is 0.498. The van der Waals surface area contributed by atoms with Crippen molar-refractivity contribution in [1.29, 1.82) is 0 Å². The Morgan fingerprint density at radius 3 is 2.48 bits per heavy atom. The number of halogens is 2. The van der Waals surface area contributed by atoms with Gasteiger partial charge in [-0.05, 0) is 50.1 Å². The SMILES string of the molecule is CC[C@@H](Oc1ccc(C)cc1C)C(=O)Nc1ccc(Cl)c(Cl)c1. The smallest absolute Gasteiger partial charge is 0.265 e. The van der Waals surface area contributed by atoms with E-state index in [1.807, 2.05) is 39.0 Å². The fourth-order valence-corrected chi connectivity index (χ4v) is 2.50. The Bertz CT molecular complexity index is 716. The van der Waals surface area contributed by atoms with E-state index in [0.717, 1.165) is 11.1 Å². The summed E-state index contributed by atoms with van der Waals surface area (Å²) in [7, 11) is 0. The van der Waals surface area contributed by atoms with Crippen LogP contribution in [-0.2, 0) is 4.79 Å². The number of carbonyl (C=O) groups excluding carboxylic acids is 1. The second-order valence-corrected chi connectivity index (χ2v) is 6.22. The molecule has 0 spiro atoms. The Hall–Kier alpha value is -1.71. The van der Waals surface area contributed by atoms with Gasteiger partial charge in [0.1, 0.15) is 5.75 Å². The molecule has 0 aliphatic rings. The number of hydrogen-bond acceptors (Lipinski definition) is 2. The Morgan fingerprint density at radius 1 is 1.13 bits per heavy atom. The average molecular weight is 352 g/mol. The van der Waals surface area contributed by atoms with Crippen molar-refractivity contribution in [1.82, 2.24) is 0 Å². The highest BCUT2D eigenvalue weighted by molar-refractivity contribution is 6.42. The van der Waals surface area contributed by atoms with Gasteiger partial charge in [0.05, 0.1) is 10.0 Å². The van der Waals surface area contributed by atoms with Gasteiger partial charge in [-0.1, -0.05) is 47.8 Å². The summed E-state index contributed by atoms with van der Waals surface area (Å²) >= 11 is 11.8. The Labute approximate surface area is 146 Å². The third-order valence-electron chi connectivity index (χ3n) is 3.45. The van der Waals surface area contributed by atoms with Gasteiger partial charge in [0.2, 0.25) is 0 Å². The first-order chi connectivity index (χ1) is 10.9. The minimum Gasteiger partial charge on any atom is -0.480 e. The van der Waals surface area contributed by atoms with E-state index in [9.17, 15) is 4.79 Å². The van der Waals surface area contributed by atoms with Gasteiger partial charge in [-0.3, -0.25) is 4.79 Å². The molecule has 2 rings (SSSR count). The quantitative estimate of drug-likeness (QED) is 0.782. The molecule has 0 aliphatic carbocycles. The van der Waals surface area contributed by atoms with E-state index in [1.165, 1.54) is 0 Å². The van der Waals surface area contributed by atoms with Gasteiger partial charge >= 0.3 is 0 Å². The van der Waals surface area contributed by atoms with Crippen molar-refractivity contribution in [2.24, 2.45) is 0 Å². The second kappa shape index (κ2) is 7.71. The fourth-order valence-electron chi connectivity index (χ4n) is 2.20. The molecule has 2 aromatic rings. The van der Waals surface area contributed by atoms with Gasteiger partial charge in [0.15, 0.2) is 6.10 Å². The molecule has 0 fully saturated rings. The third kappa shape index (κ3) is 4.63. The van der Waals surface area contributed by atoms with E-state index in [1.54, 1.807) is 18.2 Å². The molecule has 0 saturated heterocycles. The maximum atomic E-state index is 12.4. The molecule has 0 aliphatic heterocycles. The van der Waals surface area contributed by atoms with Crippen molar-refractivity contribution < 1.29 is 9.53 Å². The van der Waals surface area contributed by atoms with Crippen molar-refractivity contribution in [3.8, 4) is 5.75 Å². The first-order valence-electron chi connectivity index (χ1n) is 7.40. The molecule has 5 heteroatoms. The maximum Gasteiger partial charge on any atom is 0.265 e. The number of benzene rings is 2. The van der Waals surface area contributed by atoms with Gasteiger partial charge in [0, 0.05) is 5.69 Å². The van der Waals surface area contributed by atoms with Crippen molar-refractivity contribution >= 4 is 34.8 Å². The lowest BCUT2D eigenvalue weighted by molar-refractivity contribution is -0.122. The molecule has 0 bridgehead atoms. The lowest BCUT2D eigenvalue weighted by Gasteiger charge is -2.19. The van der Waals surface area contributed by atoms with Crippen LogP contribution in [0.4, 0.5) is 5.69 Å². The van der Waals surface area contributed by atoms with Crippen LogP contribution < -0.4 is 10.1 Å². The van der Waals surface area contributed by atoms with E-state index in [-0.39, 0.29) is 5.91 Å². The topological polar surface area (TPSA) is 38.3 Å². The highest BCUT2D eigenvalue weighted by Crippen LogP contribution is 2.26. The zero-order valence-corrected chi connectivity index (χ0v) is 14.8. The summed E-state index contributed by atoms with van der Waals surface area (Å²) in [5.41, 5.74) is 2.75. The standard InChI is InChI=1S/C18H19Cl2NO2/c1-4-16(23-17-8-5-11(2)9-12(17)3)18(22)21-13-6-7-14(19)15(20)10-13/h5-10,16H,4H2,1-3H3,(H,21,22)/t16-/m1/s1. The molecular formula is C18H19Cl2NO2.